The summed E-state index contributed by atoms with van der Waals surface area (Å²) < 4.78 is 18.8. The molecule has 248 valence electrons. The molecule has 11 heteroatoms. The van der Waals surface area contributed by atoms with Crippen molar-refractivity contribution in [3.63, 3.8) is 0 Å². The monoisotopic (exact) mass is 686 g/mol. The van der Waals surface area contributed by atoms with Crippen LogP contribution >= 0.6 is 23.2 Å². The number of aromatic nitrogens is 1. The normalized spacial score (nSPS) is 13.3. The Hall–Kier alpha value is -4.54. The van der Waals surface area contributed by atoms with Gasteiger partial charge in [-0.05, 0) is 90.0 Å². The Balaban J connectivity index is 1.11. The number of carbonyl (C=O) groups excluding carboxylic acids is 2. The lowest BCUT2D eigenvalue weighted by atomic mass is 10.0. The van der Waals surface area contributed by atoms with E-state index >= 15 is 0 Å². The summed E-state index contributed by atoms with van der Waals surface area (Å²) in [5.74, 6) is 0.957. The lowest BCUT2D eigenvalue weighted by molar-refractivity contribution is 0.0385. The second-order valence-corrected chi connectivity index (χ2v) is 12.3. The van der Waals surface area contributed by atoms with Gasteiger partial charge in [-0.3, -0.25) is 4.90 Å². The number of carbonyl (C=O) groups is 2. The number of hydrogen-bond acceptors (Lipinski definition) is 6. The van der Waals surface area contributed by atoms with Crippen LogP contribution in [0.2, 0.25) is 10.0 Å². The number of morpholine rings is 1. The van der Waals surface area contributed by atoms with Crippen LogP contribution in [0.4, 0.5) is 9.59 Å². The molecule has 5 aromatic rings. The molecule has 48 heavy (non-hydrogen) atoms. The Morgan fingerprint density at radius 1 is 0.833 bits per heavy atom. The van der Waals surface area contributed by atoms with E-state index in [1.165, 1.54) is 0 Å². The highest BCUT2D eigenvalue weighted by molar-refractivity contribution is 6.42. The predicted molar refractivity (Wildman–Crippen MR) is 189 cm³/mol. The quantitative estimate of drug-likeness (QED) is 0.157. The van der Waals surface area contributed by atoms with E-state index in [0.29, 0.717) is 41.1 Å². The molecule has 1 fully saturated rings. The Morgan fingerprint density at radius 3 is 2.38 bits per heavy atom. The van der Waals surface area contributed by atoms with Crippen LogP contribution in [0.1, 0.15) is 11.1 Å². The van der Waals surface area contributed by atoms with Gasteiger partial charge in [0.25, 0.3) is 0 Å². The molecule has 9 nitrogen and oxygen atoms in total. The summed E-state index contributed by atoms with van der Waals surface area (Å²) in [6, 6.07) is 26.8. The topological polar surface area (TPSA) is 94.1 Å². The van der Waals surface area contributed by atoms with Crippen LogP contribution in [-0.2, 0) is 11.2 Å². The van der Waals surface area contributed by atoms with Gasteiger partial charge in [0, 0.05) is 50.0 Å². The third-order valence-electron chi connectivity index (χ3n) is 8.20. The highest BCUT2D eigenvalue weighted by Gasteiger charge is 2.15. The van der Waals surface area contributed by atoms with Gasteiger partial charge in [-0.2, -0.15) is 0 Å². The SMILES string of the molecule is Cc1ccc2ccc(-c3cccn3-c3ccc(OC(=O)NCCN4CCOCC4)cc3)cc2c1OC(=O)NCCc1ccc(Cl)c(Cl)c1. The van der Waals surface area contributed by atoms with E-state index in [1.54, 1.807) is 24.3 Å². The highest BCUT2D eigenvalue weighted by atomic mass is 35.5. The molecule has 1 aliphatic heterocycles. The minimum atomic E-state index is -0.535. The maximum absolute atomic E-state index is 12.9. The Labute approximate surface area is 289 Å². The summed E-state index contributed by atoms with van der Waals surface area (Å²) in [7, 11) is 0. The number of benzene rings is 4. The minimum Gasteiger partial charge on any atom is -0.410 e. The lowest BCUT2D eigenvalue weighted by Gasteiger charge is -2.26. The van der Waals surface area contributed by atoms with Gasteiger partial charge in [-0.25, -0.2) is 9.59 Å². The third kappa shape index (κ3) is 8.29. The van der Waals surface area contributed by atoms with Crippen LogP contribution in [0, 0.1) is 6.92 Å². The molecular weight excluding hydrogens is 651 g/mol. The number of amides is 2. The van der Waals surface area contributed by atoms with Crippen molar-refractivity contribution in [2.75, 3.05) is 45.9 Å². The number of nitrogens with one attached hydrogen (secondary N) is 2. The second-order valence-electron chi connectivity index (χ2n) is 11.5. The molecule has 0 radical (unpaired) electrons. The first-order valence-corrected chi connectivity index (χ1v) is 16.6. The van der Waals surface area contributed by atoms with Gasteiger partial charge in [0.2, 0.25) is 0 Å². The molecule has 0 unspecified atom stereocenters. The molecule has 0 saturated carbocycles. The Bertz CT molecular complexity index is 1900. The highest BCUT2D eigenvalue weighted by Crippen LogP contribution is 2.34. The summed E-state index contributed by atoms with van der Waals surface area (Å²) in [6.07, 6.45) is 1.54. The van der Waals surface area contributed by atoms with Crippen molar-refractivity contribution in [3.8, 4) is 28.4 Å². The maximum Gasteiger partial charge on any atom is 0.412 e. The number of rotatable bonds is 10. The zero-order valence-electron chi connectivity index (χ0n) is 26.5. The average Bonchev–Trinajstić information content (AvgIpc) is 3.58. The fourth-order valence-electron chi connectivity index (χ4n) is 5.63. The molecule has 2 amide bonds. The number of hydrogen-bond donors (Lipinski definition) is 2. The summed E-state index contributed by atoms with van der Waals surface area (Å²) in [6.45, 7) is 6.73. The van der Waals surface area contributed by atoms with E-state index < -0.39 is 12.2 Å². The number of nitrogens with zero attached hydrogens (tertiary/aromatic N) is 2. The largest absolute Gasteiger partial charge is 0.412 e. The van der Waals surface area contributed by atoms with Crippen molar-refractivity contribution in [1.29, 1.82) is 0 Å². The summed E-state index contributed by atoms with van der Waals surface area (Å²) >= 11 is 12.1. The molecule has 1 aromatic heterocycles. The molecule has 6 rings (SSSR count). The van der Waals surface area contributed by atoms with Gasteiger partial charge >= 0.3 is 12.2 Å². The van der Waals surface area contributed by atoms with E-state index in [0.717, 1.165) is 71.7 Å². The van der Waals surface area contributed by atoms with Gasteiger partial charge in [-0.1, -0.05) is 53.5 Å². The second kappa shape index (κ2) is 15.6. The molecule has 0 bridgehead atoms. The van der Waals surface area contributed by atoms with Crippen molar-refractivity contribution in [3.05, 3.63) is 112 Å². The molecule has 2 heterocycles. The first-order valence-electron chi connectivity index (χ1n) is 15.8. The fraction of sp³-hybridized carbons (Fsp3) is 0.243. The number of fused-ring (bicyclic) bond motifs is 1. The summed E-state index contributed by atoms with van der Waals surface area (Å²) in [5, 5.41) is 8.39. The van der Waals surface area contributed by atoms with Crippen LogP contribution in [-0.4, -0.2) is 67.6 Å². The molecule has 0 spiro atoms. The number of aryl methyl sites for hydroxylation is 1. The van der Waals surface area contributed by atoms with Crippen molar-refractivity contribution >= 4 is 46.2 Å². The molecule has 4 aromatic carbocycles. The van der Waals surface area contributed by atoms with E-state index in [9.17, 15) is 9.59 Å². The van der Waals surface area contributed by atoms with Gasteiger partial charge in [0.15, 0.2) is 0 Å². The summed E-state index contributed by atoms with van der Waals surface area (Å²) in [5.41, 5.74) is 4.60. The lowest BCUT2D eigenvalue weighted by Crippen LogP contribution is -2.41. The van der Waals surface area contributed by atoms with Gasteiger partial charge in [0.1, 0.15) is 11.5 Å². The minimum absolute atomic E-state index is 0.378. The maximum atomic E-state index is 12.9. The smallest absolute Gasteiger partial charge is 0.410 e. The van der Waals surface area contributed by atoms with E-state index in [2.05, 4.69) is 20.1 Å². The van der Waals surface area contributed by atoms with Gasteiger partial charge in [0.05, 0.1) is 29.0 Å². The average molecular weight is 688 g/mol. The van der Waals surface area contributed by atoms with Crippen molar-refractivity contribution in [2.24, 2.45) is 0 Å². The molecule has 1 saturated heterocycles. The van der Waals surface area contributed by atoms with E-state index in [4.69, 9.17) is 37.4 Å². The standard InChI is InChI=1S/C37H36Cl2N4O5/c1-25-4-6-27-7-8-28(24-31(27)35(25)48-37(45)40-15-14-26-5-13-32(38)33(39)23-26)34-3-2-17-43(34)29-9-11-30(12-10-29)47-36(44)41-16-18-42-19-21-46-22-20-42/h2-13,17,23-24H,14-16,18-22H2,1H3,(H,40,45)(H,41,44). The van der Waals surface area contributed by atoms with E-state index in [-0.39, 0.29) is 0 Å². The molecule has 0 atom stereocenters. The molecule has 0 aliphatic carbocycles. The predicted octanol–water partition coefficient (Wildman–Crippen LogP) is 7.66. The van der Waals surface area contributed by atoms with Gasteiger partial charge in [-0.15, -0.1) is 0 Å². The Kier molecular flexibility index (Phi) is 10.8. The Morgan fingerprint density at radius 2 is 1.58 bits per heavy atom. The van der Waals surface area contributed by atoms with Crippen LogP contribution in [0.5, 0.6) is 11.5 Å². The zero-order valence-corrected chi connectivity index (χ0v) is 28.0. The molecular formula is C37H36Cl2N4O5. The zero-order chi connectivity index (χ0) is 33.5. The van der Waals surface area contributed by atoms with Crippen LogP contribution < -0.4 is 20.1 Å². The number of halogens is 2. The first-order chi connectivity index (χ1) is 23.3. The fourth-order valence-corrected chi connectivity index (χ4v) is 5.95. The van der Waals surface area contributed by atoms with Crippen LogP contribution in [0.15, 0.2) is 91.1 Å². The van der Waals surface area contributed by atoms with Crippen LogP contribution in [0.25, 0.3) is 27.7 Å². The van der Waals surface area contributed by atoms with Crippen molar-refractivity contribution < 1.29 is 23.8 Å². The third-order valence-corrected chi connectivity index (χ3v) is 8.94. The summed E-state index contributed by atoms with van der Waals surface area (Å²) in [4.78, 5) is 27.4. The van der Waals surface area contributed by atoms with Crippen LogP contribution in [0.3, 0.4) is 0 Å². The first kappa shape index (κ1) is 33.4. The molecule has 2 N–H and O–H groups in total. The number of ether oxygens (including phenoxy) is 3. The van der Waals surface area contributed by atoms with Crippen molar-refractivity contribution in [2.45, 2.75) is 13.3 Å². The van der Waals surface area contributed by atoms with E-state index in [1.807, 2.05) is 73.8 Å². The molecule has 1 aliphatic rings. The van der Waals surface area contributed by atoms with Crippen molar-refractivity contribution in [1.82, 2.24) is 20.1 Å². The van der Waals surface area contributed by atoms with Gasteiger partial charge < -0.3 is 29.4 Å².